The second kappa shape index (κ2) is 3.79. The van der Waals surface area contributed by atoms with Gasteiger partial charge < -0.3 is 0 Å². The number of aryl methyl sites for hydroxylation is 1. The molecule has 1 N–H and O–H groups in total. The van der Waals surface area contributed by atoms with Gasteiger partial charge in [0.05, 0.1) is 11.4 Å². The van der Waals surface area contributed by atoms with Crippen molar-refractivity contribution in [1.29, 1.82) is 0 Å². The van der Waals surface area contributed by atoms with Crippen LogP contribution in [0.3, 0.4) is 0 Å². The highest BCUT2D eigenvalue weighted by atomic mass is 15.1. The van der Waals surface area contributed by atoms with Crippen molar-refractivity contribution in [3.8, 4) is 22.5 Å². The van der Waals surface area contributed by atoms with Gasteiger partial charge in [0.15, 0.2) is 0 Å². The van der Waals surface area contributed by atoms with E-state index in [1.165, 1.54) is 22.3 Å². The summed E-state index contributed by atoms with van der Waals surface area (Å²) in [5.74, 6) is 0. The third-order valence-corrected chi connectivity index (χ3v) is 3.70. The molecule has 19 heavy (non-hydrogen) atoms. The minimum Gasteiger partial charge on any atom is -0.277 e. The van der Waals surface area contributed by atoms with Gasteiger partial charge in [0, 0.05) is 35.5 Å². The number of H-pyrrole nitrogens is 1. The summed E-state index contributed by atoms with van der Waals surface area (Å²) in [4.78, 5) is 4.18. The van der Waals surface area contributed by atoms with Crippen LogP contribution in [0.25, 0.3) is 22.5 Å². The zero-order valence-electron chi connectivity index (χ0n) is 10.6. The Morgan fingerprint density at radius 3 is 3.00 bits per heavy atom. The maximum Gasteiger partial charge on any atom is 0.0978 e. The highest BCUT2D eigenvalue weighted by molar-refractivity contribution is 5.80. The standard InChI is InChI=1S/C16H13N3/c1-10-4-5-13-12(7-10)8-14-15(18-19-16(13)14)11-3-2-6-17-9-11/h2-7,9H,8H2,1H3,(H,18,19). The number of nitrogens with one attached hydrogen (secondary N) is 1. The van der Waals surface area contributed by atoms with E-state index in [0.29, 0.717) is 0 Å². The highest BCUT2D eigenvalue weighted by Gasteiger charge is 2.24. The number of rotatable bonds is 1. The van der Waals surface area contributed by atoms with Crippen molar-refractivity contribution in [2.45, 2.75) is 13.3 Å². The van der Waals surface area contributed by atoms with E-state index in [9.17, 15) is 0 Å². The predicted molar refractivity (Wildman–Crippen MR) is 74.8 cm³/mol. The van der Waals surface area contributed by atoms with Gasteiger partial charge in [-0.05, 0) is 24.6 Å². The van der Waals surface area contributed by atoms with Gasteiger partial charge >= 0.3 is 0 Å². The highest BCUT2D eigenvalue weighted by Crippen LogP contribution is 2.39. The average molecular weight is 247 g/mol. The first-order valence-electron chi connectivity index (χ1n) is 6.40. The van der Waals surface area contributed by atoms with Crippen molar-refractivity contribution >= 4 is 0 Å². The first kappa shape index (κ1) is 10.5. The van der Waals surface area contributed by atoms with Crippen molar-refractivity contribution in [2.75, 3.05) is 0 Å². The van der Waals surface area contributed by atoms with Gasteiger partial charge in [-0.2, -0.15) is 5.10 Å². The van der Waals surface area contributed by atoms with Crippen molar-refractivity contribution in [3.63, 3.8) is 0 Å². The molecule has 0 fully saturated rings. The first-order valence-corrected chi connectivity index (χ1v) is 6.40. The van der Waals surface area contributed by atoms with Crippen LogP contribution in [0.15, 0.2) is 42.7 Å². The number of hydrogen-bond acceptors (Lipinski definition) is 2. The molecule has 1 aliphatic rings. The van der Waals surface area contributed by atoms with Crippen molar-refractivity contribution in [3.05, 3.63) is 59.4 Å². The Kier molecular flexibility index (Phi) is 2.09. The maximum absolute atomic E-state index is 4.46. The van der Waals surface area contributed by atoms with E-state index in [1.54, 1.807) is 6.20 Å². The molecule has 3 aromatic rings. The fourth-order valence-electron chi connectivity index (χ4n) is 2.80. The summed E-state index contributed by atoms with van der Waals surface area (Å²) in [7, 11) is 0. The van der Waals surface area contributed by atoms with Gasteiger partial charge in [0.1, 0.15) is 0 Å². The van der Waals surface area contributed by atoms with Crippen LogP contribution >= 0.6 is 0 Å². The Morgan fingerprint density at radius 1 is 1.21 bits per heavy atom. The summed E-state index contributed by atoms with van der Waals surface area (Å²) in [5, 5.41) is 7.65. The van der Waals surface area contributed by atoms with E-state index in [2.05, 4.69) is 46.4 Å². The second-order valence-corrected chi connectivity index (χ2v) is 5.00. The molecule has 0 spiro atoms. The molecule has 4 rings (SSSR count). The molecule has 0 radical (unpaired) electrons. The second-order valence-electron chi connectivity index (χ2n) is 5.00. The Morgan fingerprint density at radius 2 is 2.16 bits per heavy atom. The predicted octanol–water partition coefficient (Wildman–Crippen LogP) is 3.35. The molecular weight excluding hydrogens is 234 g/mol. The summed E-state index contributed by atoms with van der Waals surface area (Å²) in [6.45, 7) is 2.13. The van der Waals surface area contributed by atoms with E-state index in [0.717, 1.165) is 23.4 Å². The number of aromatic amines is 1. The summed E-state index contributed by atoms with van der Waals surface area (Å²) in [5.41, 5.74) is 8.51. The zero-order chi connectivity index (χ0) is 12.8. The van der Waals surface area contributed by atoms with E-state index < -0.39 is 0 Å². The van der Waals surface area contributed by atoms with Gasteiger partial charge in [-0.25, -0.2) is 0 Å². The molecule has 2 heterocycles. The Balaban J connectivity index is 1.88. The topological polar surface area (TPSA) is 41.6 Å². The molecular formula is C16H13N3. The van der Waals surface area contributed by atoms with Crippen LogP contribution in [0.4, 0.5) is 0 Å². The van der Waals surface area contributed by atoms with Crippen molar-refractivity contribution < 1.29 is 0 Å². The summed E-state index contributed by atoms with van der Waals surface area (Å²) in [6, 6.07) is 10.6. The lowest BCUT2D eigenvalue weighted by Crippen LogP contribution is -1.88. The number of pyridine rings is 1. The van der Waals surface area contributed by atoms with Gasteiger partial charge in [0.2, 0.25) is 0 Å². The molecule has 0 saturated heterocycles. The molecule has 92 valence electrons. The zero-order valence-corrected chi connectivity index (χ0v) is 10.6. The maximum atomic E-state index is 4.46. The van der Waals surface area contributed by atoms with Gasteiger partial charge in [0.25, 0.3) is 0 Å². The number of benzene rings is 1. The third-order valence-electron chi connectivity index (χ3n) is 3.70. The number of hydrogen-bond donors (Lipinski definition) is 1. The van der Waals surface area contributed by atoms with Crippen LogP contribution in [0.2, 0.25) is 0 Å². The molecule has 0 atom stereocenters. The Hall–Kier alpha value is -2.42. The lowest BCUT2D eigenvalue weighted by Gasteiger charge is -2.01. The average Bonchev–Trinajstić information content (AvgIpc) is 2.97. The fourth-order valence-corrected chi connectivity index (χ4v) is 2.80. The minimum absolute atomic E-state index is 0.951. The van der Waals surface area contributed by atoms with E-state index >= 15 is 0 Å². The van der Waals surface area contributed by atoms with Crippen LogP contribution in [0, 0.1) is 6.92 Å². The van der Waals surface area contributed by atoms with E-state index in [-0.39, 0.29) is 0 Å². The fraction of sp³-hybridized carbons (Fsp3) is 0.125. The molecule has 0 unspecified atom stereocenters. The van der Waals surface area contributed by atoms with Gasteiger partial charge in [-0.1, -0.05) is 23.8 Å². The molecule has 1 aromatic carbocycles. The molecule has 1 aliphatic carbocycles. The quantitative estimate of drug-likeness (QED) is 0.560. The number of nitrogens with zero attached hydrogens (tertiary/aromatic N) is 2. The smallest absolute Gasteiger partial charge is 0.0978 e. The third kappa shape index (κ3) is 1.51. The summed E-state index contributed by atoms with van der Waals surface area (Å²) >= 11 is 0. The number of fused-ring (bicyclic) bond motifs is 3. The molecule has 2 aromatic heterocycles. The lowest BCUT2D eigenvalue weighted by molar-refractivity contribution is 1.09. The number of aromatic nitrogens is 3. The first-order chi connectivity index (χ1) is 9.33. The van der Waals surface area contributed by atoms with Crippen LogP contribution in [0.1, 0.15) is 16.7 Å². The Bertz CT molecular complexity index is 757. The minimum atomic E-state index is 0.951. The van der Waals surface area contributed by atoms with E-state index in [4.69, 9.17) is 0 Å². The molecule has 0 aliphatic heterocycles. The van der Waals surface area contributed by atoms with Crippen LogP contribution in [-0.2, 0) is 6.42 Å². The van der Waals surface area contributed by atoms with Crippen molar-refractivity contribution in [2.24, 2.45) is 0 Å². The molecule has 3 nitrogen and oxygen atoms in total. The van der Waals surface area contributed by atoms with Crippen LogP contribution in [-0.4, -0.2) is 15.2 Å². The Labute approximate surface area is 111 Å². The van der Waals surface area contributed by atoms with Crippen LogP contribution in [0.5, 0.6) is 0 Å². The molecule has 0 amide bonds. The summed E-state index contributed by atoms with van der Waals surface area (Å²) in [6.07, 6.45) is 4.60. The normalized spacial score (nSPS) is 12.3. The SMILES string of the molecule is Cc1ccc2c(c1)Cc1c(-c3cccnc3)n[nH]c1-2. The van der Waals surface area contributed by atoms with Gasteiger partial charge in [-0.15, -0.1) is 0 Å². The summed E-state index contributed by atoms with van der Waals surface area (Å²) < 4.78 is 0. The van der Waals surface area contributed by atoms with Crippen molar-refractivity contribution in [1.82, 2.24) is 15.2 Å². The van der Waals surface area contributed by atoms with E-state index in [1.807, 2.05) is 12.3 Å². The lowest BCUT2D eigenvalue weighted by atomic mass is 10.1. The van der Waals surface area contributed by atoms with Crippen LogP contribution < -0.4 is 0 Å². The molecule has 0 bridgehead atoms. The molecule has 3 heteroatoms. The molecule has 0 saturated carbocycles. The van der Waals surface area contributed by atoms with Gasteiger partial charge in [-0.3, -0.25) is 10.1 Å². The monoisotopic (exact) mass is 247 g/mol. The largest absolute Gasteiger partial charge is 0.277 e.